The van der Waals surface area contributed by atoms with Crippen molar-refractivity contribution in [3.8, 4) is 23.7 Å². The Morgan fingerprint density at radius 3 is 2.61 bits per heavy atom. The zero-order valence-corrected chi connectivity index (χ0v) is 11.2. The Balaban J connectivity index is 3.69. The standard InChI is InChI=1S/C17H22O/c1-2-3-4-5-6-7-8-9-10-11-12-13-14-15-16-17-18/h5-10,18H,2-4,15-17H2,1H3/b6-5+,8-7+,10-9-. The molecule has 0 aromatic carbocycles. The lowest BCUT2D eigenvalue weighted by atomic mass is 10.2. The summed E-state index contributed by atoms with van der Waals surface area (Å²) in [5.41, 5.74) is 0. The maximum Gasteiger partial charge on any atom is 0.0440 e. The van der Waals surface area contributed by atoms with Crippen molar-refractivity contribution in [2.75, 3.05) is 6.61 Å². The zero-order chi connectivity index (χ0) is 13.3. The predicted octanol–water partition coefficient (Wildman–Crippen LogP) is 3.62. The summed E-state index contributed by atoms with van der Waals surface area (Å²) in [7, 11) is 0. The van der Waals surface area contributed by atoms with Crippen LogP contribution in [0.15, 0.2) is 36.5 Å². The number of aliphatic hydroxyl groups excluding tert-OH is 1. The van der Waals surface area contributed by atoms with Gasteiger partial charge >= 0.3 is 0 Å². The van der Waals surface area contributed by atoms with Crippen LogP contribution in [0.25, 0.3) is 0 Å². The Morgan fingerprint density at radius 2 is 1.83 bits per heavy atom. The number of rotatable bonds is 7. The molecule has 0 aromatic rings. The van der Waals surface area contributed by atoms with Crippen molar-refractivity contribution in [3.05, 3.63) is 36.5 Å². The van der Waals surface area contributed by atoms with Gasteiger partial charge in [-0.15, -0.1) is 0 Å². The monoisotopic (exact) mass is 242 g/mol. The van der Waals surface area contributed by atoms with Gasteiger partial charge in [-0.05, 0) is 30.8 Å². The third kappa shape index (κ3) is 14.3. The molecular weight excluding hydrogens is 220 g/mol. The van der Waals surface area contributed by atoms with Crippen LogP contribution in [-0.4, -0.2) is 11.7 Å². The molecule has 0 spiro atoms. The molecule has 0 aromatic heterocycles. The molecule has 0 aliphatic heterocycles. The van der Waals surface area contributed by atoms with E-state index in [0.717, 1.165) is 12.8 Å². The summed E-state index contributed by atoms with van der Waals surface area (Å²) in [5, 5.41) is 8.53. The molecule has 1 heteroatoms. The van der Waals surface area contributed by atoms with E-state index in [2.05, 4.69) is 42.8 Å². The fourth-order valence-corrected chi connectivity index (χ4v) is 1.08. The molecule has 96 valence electrons. The molecule has 0 saturated carbocycles. The topological polar surface area (TPSA) is 20.2 Å². The lowest BCUT2D eigenvalue weighted by Gasteiger charge is -1.84. The molecule has 0 radical (unpaired) electrons. The molecule has 0 fully saturated rings. The summed E-state index contributed by atoms with van der Waals surface area (Å²) >= 11 is 0. The fraction of sp³-hybridized carbons (Fsp3) is 0.412. The van der Waals surface area contributed by atoms with Gasteiger partial charge in [0, 0.05) is 13.0 Å². The Hall–Kier alpha value is -1.70. The van der Waals surface area contributed by atoms with E-state index in [1.165, 1.54) is 12.8 Å². The van der Waals surface area contributed by atoms with Gasteiger partial charge in [-0.2, -0.15) is 0 Å². The van der Waals surface area contributed by atoms with Crippen LogP contribution in [0.5, 0.6) is 0 Å². The molecule has 1 nitrogen and oxygen atoms in total. The zero-order valence-electron chi connectivity index (χ0n) is 11.2. The first-order chi connectivity index (χ1) is 8.91. The number of hydrogen-bond acceptors (Lipinski definition) is 1. The number of hydrogen-bond donors (Lipinski definition) is 1. The van der Waals surface area contributed by atoms with Crippen molar-refractivity contribution in [2.24, 2.45) is 0 Å². The van der Waals surface area contributed by atoms with Crippen molar-refractivity contribution in [1.82, 2.24) is 0 Å². The Morgan fingerprint density at radius 1 is 1.00 bits per heavy atom. The Bertz CT molecular complexity index is 377. The third-order valence-corrected chi connectivity index (χ3v) is 2.06. The van der Waals surface area contributed by atoms with E-state index >= 15 is 0 Å². The molecule has 0 bridgehead atoms. The van der Waals surface area contributed by atoms with E-state index in [9.17, 15) is 0 Å². The van der Waals surface area contributed by atoms with Gasteiger partial charge in [-0.25, -0.2) is 0 Å². The van der Waals surface area contributed by atoms with E-state index in [-0.39, 0.29) is 6.61 Å². The minimum Gasteiger partial charge on any atom is -0.396 e. The van der Waals surface area contributed by atoms with E-state index in [0.29, 0.717) is 6.42 Å². The smallest absolute Gasteiger partial charge is 0.0440 e. The number of unbranched alkanes of at least 4 members (excludes halogenated alkanes) is 3. The van der Waals surface area contributed by atoms with Crippen LogP contribution in [0.4, 0.5) is 0 Å². The van der Waals surface area contributed by atoms with Gasteiger partial charge in [0.2, 0.25) is 0 Å². The van der Waals surface area contributed by atoms with Gasteiger partial charge in [-0.3, -0.25) is 0 Å². The SMILES string of the molecule is CCCC/C=C/C=C/C=C\C#CC#CCCCO. The molecule has 0 unspecified atom stereocenters. The second-order valence-corrected chi connectivity index (χ2v) is 3.71. The highest BCUT2D eigenvalue weighted by Gasteiger charge is 1.75. The van der Waals surface area contributed by atoms with Crippen molar-refractivity contribution < 1.29 is 5.11 Å². The first-order valence-corrected chi connectivity index (χ1v) is 6.49. The molecular formula is C17H22O. The van der Waals surface area contributed by atoms with E-state index < -0.39 is 0 Å². The van der Waals surface area contributed by atoms with Crippen LogP contribution in [0, 0.1) is 23.7 Å². The average Bonchev–Trinajstić information content (AvgIpc) is 2.39. The molecule has 0 rings (SSSR count). The van der Waals surface area contributed by atoms with Crippen molar-refractivity contribution in [3.63, 3.8) is 0 Å². The van der Waals surface area contributed by atoms with Gasteiger partial charge in [-0.1, -0.05) is 62.0 Å². The summed E-state index contributed by atoms with van der Waals surface area (Å²) < 4.78 is 0. The highest BCUT2D eigenvalue weighted by atomic mass is 16.2. The summed E-state index contributed by atoms with van der Waals surface area (Å²) in [5.74, 6) is 11.2. The second kappa shape index (κ2) is 15.3. The maximum atomic E-state index is 8.53. The van der Waals surface area contributed by atoms with Gasteiger partial charge < -0.3 is 5.11 Å². The van der Waals surface area contributed by atoms with Crippen LogP contribution in [0.3, 0.4) is 0 Å². The molecule has 0 atom stereocenters. The summed E-state index contributed by atoms with van der Waals surface area (Å²) in [6.45, 7) is 2.39. The number of allylic oxidation sites excluding steroid dienone is 6. The van der Waals surface area contributed by atoms with E-state index in [1.807, 2.05) is 18.2 Å². The maximum absolute atomic E-state index is 8.53. The number of aliphatic hydroxyl groups is 1. The quantitative estimate of drug-likeness (QED) is 0.410. The minimum absolute atomic E-state index is 0.193. The highest BCUT2D eigenvalue weighted by molar-refractivity contribution is 5.31. The predicted molar refractivity (Wildman–Crippen MR) is 78.8 cm³/mol. The fourth-order valence-electron chi connectivity index (χ4n) is 1.08. The van der Waals surface area contributed by atoms with Gasteiger partial charge in [0.05, 0.1) is 0 Å². The summed E-state index contributed by atoms with van der Waals surface area (Å²) in [4.78, 5) is 0. The van der Waals surface area contributed by atoms with Crippen LogP contribution >= 0.6 is 0 Å². The molecule has 18 heavy (non-hydrogen) atoms. The molecule has 1 N–H and O–H groups in total. The minimum atomic E-state index is 0.193. The Labute approximate surface area is 111 Å². The van der Waals surface area contributed by atoms with Crippen LogP contribution < -0.4 is 0 Å². The normalized spacial score (nSPS) is 10.6. The largest absolute Gasteiger partial charge is 0.396 e. The van der Waals surface area contributed by atoms with Gasteiger partial charge in [0.25, 0.3) is 0 Å². The molecule has 0 aliphatic carbocycles. The average molecular weight is 242 g/mol. The van der Waals surface area contributed by atoms with E-state index in [4.69, 9.17) is 5.11 Å². The van der Waals surface area contributed by atoms with Crippen molar-refractivity contribution in [2.45, 2.75) is 39.0 Å². The molecule has 0 heterocycles. The third-order valence-electron chi connectivity index (χ3n) is 2.06. The Kier molecular flexibility index (Phi) is 13.9. The summed E-state index contributed by atoms with van der Waals surface area (Å²) in [6, 6.07) is 0. The van der Waals surface area contributed by atoms with Crippen LogP contribution in [0.2, 0.25) is 0 Å². The van der Waals surface area contributed by atoms with Crippen molar-refractivity contribution >= 4 is 0 Å². The van der Waals surface area contributed by atoms with Gasteiger partial charge in [0.15, 0.2) is 0 Å². The first kappa shape index (κ1) is 16.3. The van der Waals surface area contributed by atoms with E-state index in [1.54, 1.807) is 6.08 Å². The van der Waals surface area contributed by atoms with Crippen LogP contribution in [0.1, 0.15) is 39.0 Å². The van der Waals surface area contributed by atoms with Crippen LogP contribution in [-0.2, 0) is 0 Å². The van der Waals surface area contributed by atoms with Gasteiger partial charge in [0.1, 0.15) is 0 Å². The lowest BCUT2D eigenvalue weighted by molar-refractivity contribution is 0.290. The summed E-state index contributed by atoms with van der Waals surface area (Å²) in [6.07, 6.45) is 16.9. The van der Waals surface area contributed by atoms with Crippen molar-refractivity contribution in [1.29, 1.82) is 0 Å². The lowest BCUT2D eigenvalue weighted by Crippen LogP contribution is -1.77. The second-order valence-electron chi connectivity index (χ2n) is 3.71. The molecule has 0 aliphatic rings. The highest BCUT2D eigenvalue weighted by Crippen LogP contribution is 1.94. The first-order valence-electron chi connectivity index (χ1n) is 6.49. The molecule has 0 saturated heterocycles. The molecule has 0 amide bonds.